The summed E-state index contributed by atoms with van der Waals surface area (Å²) in [6.07, 6.45) is 1.41. The smallest absolute Gasteiger partial charge is 0.339 e. The first kappa shape index (κ1) is 14.1. The molecule has 7 nitrogen and oxygen atoms in total. The van der Waals surface area contributed by atoms with Crippen LogP contribution in [0, 0.1) is 5.82 Å². The molecule has 112 valence electrons. The molecule has 2 aromatic carbocycles. The molecule has 1 aromatic heterocycles. The molecule has 0 aliphatic carbocycles. The highest BCUT2D eigenvalue weighted by molar-refractivity contribution is 7.87. The molecule has 9 heteroatoms. The lowest BCUT2D eigenvalue weighted by atomic mass is 10.3. The van der Waals surface area contributed by atoms with Crippen molar-refractivity contribution in [2.75, 3.05) is 0 Å². The standard InChI is InChI=1S/C13H9FN4O3S/c14-10-1-7-13(8-2-10)22(19,20)21-12-5-3-11(4-6-12)18-9-15-16-17-18/h1-9H. The lowest BCUT2D eigenvalue weighted by Crippen LogP contribution is -2.09. The highest BCUT2D eigenvalue weighted by Crippen LogP contribution is 2.20. The molecule has 1 heterocycles. The largest absolute Gasteiger partial charge is 0.379 e. The van der Waals surface area contributed by atoms with Crippen molar-refractivity contribution in [3.8, 4) is 11.4 Å². The molecule has 0 radical (unpaired) electrons. The summed E-state index contributed by atoms with van der Waals surface area (Å²) in [5.41, 5.74) is 0.650. The average molecular weight is 320 g/mol. The van der Waals surface area contributed by atoms with Crippen LogP contribution in [0.15, 0.2) is 59.8 Å². The molecule has 0 bridgehead atoms. The number of aromatic nitrogens is 4. The Hall–Kier alpha value is -2.81. The minimum atomic E-state index is -4.01. The maximum atomic E-state index is 12.8. The zero-order valence-corrected chi connectivity index (χ0v) is 11.8. The molecule has 0 saturated heterocycles. The summed E-state index contributed by atoms with van der Waals surface area (Å²) in [4.78, 5) is -0.126. The highest BCUT2D eigenvalue weighted by atomic mass is 32.2. The first-order chi connectivity index (χ1) is 10.5. The van der Waals surface area contributed by atoms with E-state index in [1.807, 2.05) is 0 Å². The van der Waals surface area contributed by atoms with Crippen LogP contribution in [-0.4, -0.2) is 28.6 Å². The van der Waals surface area contributed by atoms with E-state index in [2.05, 4.69) is 15.5 Å². The van der Waals surface area contributed by atoms with Crippen LogP contribution in [0.1, 0.15) is 0 Å². The van der Waals surface area contributed by atoms with Crippen molar-refractivity contribution in [3.63, 3.8) is 0 Å². The molecule has 0 N–H and O–H groups in total. The second-order valence-electron chi connectivity index (χ2n) is 4.24. The first-order valence-corrected chi connectivity index (χ1v) is 7.49. The predicted octanol–water partition coefficient (Wildman–Crippen LogP) is 1.57. The zero-order chi connectivity index (χ0) is 15.6. The average Bonchev–Trinajstić information content (AvgIpc) is 3.02. The van der Waals surface area contributed by atoms with Gasteiger partial charge in [0.05, 0.1) is 5.69 Å². The molecule has 0 unspecified atom stereocenters. The van der Waals surface area contributed by atoms with E-state index in [1.54, 1.807) is 12.1 Å². The van der Waals surface area contributed by atoms with E-state index >= 15 is 0 Å². The summed E-state index contributed by atoms with van der Waals surface area (Å²) in [5, 5.41) is 10.7. The van der Waals surface area contributed by atoms with Crippen molar-refractivity contribution in [1.29, 1.82) is 0 Å². The topological polar surface area (TPSA) is 87.0 Å². The lowest BCUT2D eigenvalue weighted by Gasteiger charge is -2.07. The van der Waals surface area contributed by atoms with Crippen LogP contribution in [0.5, 0.6) is 5.75 Å². The summed E-state index contributed by atoms with van der Waals surface area (Å²) in [6.45, 7) is 0. The quantitative estimate of drug-likeness (QED) is 0.678. The Kier molecular flexibility index (Phi) is 3.55. The SMILES string of the molecule is O=S(=O)(Oc1ccc(-n2cnnn2)cc1)c1ccc(F)cc1. The summed E-state index contributed by atoms with van der Waals surface area (Å²) in [7, 11) is -4.01. The maximum absolute atomic E-state index is 12.8. The Morgan fingerprint density at radius 2 is 1.68 bits per heavy atom. The zero-order valence-electron chi connectivity index (χ0n) is 11.0. The molecule has 3 rings (SSSR count). The van der Waals surface area contributed by atoms with E-state index in [0.717, 1.165) is 24.3 Å². The normalized spacial score (nSPS) is 11.3. The van der Waals surface area contributed by atoms with Crippen molar-refractivity contribution in [2.24, 2.45) is 0 Å². The van der Waals surface area contributed by atoms with Crippen LogP contribution < -0.4 is 4.18 Å². The van der Waals surface area contributed by atoms with Gasteiger partial charge < -0.3 is 4.18 Å². The Morgan fingerprint density at radius 1 is 1.00 bits per heavy atom. The number of nitrogens with zero attached hydrogens (tertiary/aromatic N) is 4. The van der Waals surface area contributed by atoms with Crippen molar-refractivity contribution < 1.29 is 17.0 Å². The third kappa shape index (κ3) is 2.93. The lowest BCUT2D eigenvalue weighted by molar-refractivity contribution is 0.485. The van der Waals surface area contributed by atoms with Gasteiger partial charge in [0.15, 0.2) is 0 Å². The van der Waals surface area contributed by atoms with E-state index in [0.29, 0.717) is 5.69 Å². The van der Waals surface area contributed by atoms with E-state index in [1.165, 1.54) is 23.1 Å². The third-order valence-electron chi connectivity index (χ3n) is 2.76. The summed E-state index contributed by atoms with van der Waals surface area (Å²) < 4.78 is 43.3. The molecule has 0 spiro atoms. The highest BCUT2D eigenvalue weighted by Gasteiger charge is 2.16. The monoisotopic (exact) mass is 320 g/mol. The molecule has 0 amide bonds. The van der Waals surface area contributed by atoms with E-state index in [9.17, 15) is 12.8 Å². The van der Waals surface area contributed by atoms with E-state index in [-0.39, 0.29) is 10.6 Å². The van der Waals surface area contributed by atoms with Crippen molar-refractivity contribution in [2.45, 2.75) is 4.90 Å². The van der Waals surface area contributed by atoms with Gasteiger partial charge >= 0.3 is 10.1 Å². The van der Waals surface area contributed by atoms with Gasteiger partial charge in [0, 0.05) is 0 Å². The number of halogens is 1. The number of rotatable bonds is 4. The van der Waals surface area contributed by atoms with Crippen LogP contribution in [-0.2, 0) is 10.1 Å². The number of benzene rings is 2. The second kappa shape index (κ2) is 5.53. The summed E-state index contributed by atoms with van der Waals surface area (Å²) in [5.74, 6) is -0.397. The van der Waals surface area contributed by atoms with Gasteiger partial charge in [0.1, 0.15) is 22.8 Å². The molecule has 0 saturated carbocycles. The molecule has 3 aromatic rings. The molecule has 0 aliphatic rings. The van der Waals surface area contributed by atoms with Crippen LogP contribution >= 0.6 is 0 Å². The van der Waals surface area contributed by atoms with Gasteiger partial charge in [-0.2, -0.15) is 8.42 Å². The number of hydrogen-bond acceptors (Lipinski definition) is 6. The van der Waals surface area contributed by atoms with Gasteiger partial charge in [-0.3, -0.25) is 0 Å². The number of hydrogen-bond donors (Lipinski definition) is 0. The van der Waals surface area contributed by atoms with Crippen LogP contribution in [0.3, 0.4) is 0 Å². The number of tetrazole rings is 1. The second-order valence-corrected chi connectivity index (χ2v) is 5.79. The minimum Gasteiger partial charge on any atom is -0.379 e. The third-order valence-corrected chi connectivity index (χ3v) is 4.02. The van der Waals surface area contributed by atoms with Gasteiger partial charge in [0.2, 0.25) is 0 Å². The maximum Gasteiger partial charge on any atom is 0.339 e. The molecular formula is C13H9FN4O3S. The Balaban J connectivity index is 1.82. The molecule has 0 fully saturated rings. The summed E-state index contributed by atoms with van der Waals surface area (Å²) >= 11 is 0. The fourth-order valence-corrected chi connectivity index (χ4v) is 2.64. The van der Waals surface area contributed by atoms with Gasteiger partial charge in [-0.05, 0) is 59.0 Å². The molecule has 0 aliphatic heterocycles. The van der Waals surface area contributed by atoms with Gasteiger partial charge in [-0.15, -0.1) is 5.10 Å². The predicted molar refractivity (Wildman–Crippen MR) is 73.4 cm³/mol. The fourth-order valence-electron chi connectivity index (χ4n) is 1.71. The van der Waals surface area contributed by atoms with Crippen LogP contribution in [0.2, 0.25) is 0 Å². The Labute approximate surface area is 125 Å². The van der Waals surface area contributed by atoms with Gasteiger partial charge in [0.25, 0.3) is 0 Å². The first-order valence-electron chi connectivity index (χ1n) is 6.08. The molecular weight excluding hydrogens is 311 g/mol. The van der Waals surface area contributed by atoms with Crippen LogP contribution in [0.4, 0.5) is 4.39 Å². The van der Waals surface area contributed by atoms with E-state index in [4.69, 9.17) is 4.18 Å². The van der Waals surface area contributed by atoms with Gasteiger partial charge in [-0.25, -0.2) is 9.07 Å². The van der Waals surface area contributed by atoms with E-state index < -0.39 is 15.9 Å². The minimum absolute atomic E-state index is 0.126. The van der Waals surface area contributed by atoms with Crippen molar-refractivity contribution in [3.05, 3.63) is 60.7 Å². The van der Waals surface area contributed by atoms with Gasteiger partial charge in [-0.1, -0.05) is 0 Å². The Bertz CT molecular complexity index is 863. The van der Waals surface area contributed by atoms with Crippen LogP contribution in [0.25, 0.3) is 5.69 Å². The molecule has 0 atom stereocenters. The summed E-state index contributed by atoms with van der Waals surface area (Å²) in [6, 6.07) is 10.5. The fraction of sp³-hybridized carbons (Fsp3) is 0. The van der Waals surface area contributed by atoms with Crippen molar-refractivity contribution >= 4 is 10.1 Å². The van der Waals surface area contributed by atoms with Crippen molar-refractivity contribution in [1.82, 2.24) is 20.2 Å². The Morgan fingerprint density at radius 3 is 2.27 bits per heavy atom. The molecule has 22 heavy (non-hydrogen) atoms.